The molecule has 2 atom stereocenters. The Labute approximate surface area is 140 Å². The summed E-state index contributed by atoms with van der Waals surface area (Å²) in [5.74, 6) is 0.540. The van der Waals surface area contributed by atoms with E-state index in [1.165, 1.54) is 6.07 Å². The predicted octanol–water partition coefficient (Wildman–Crippen LogP) is 3.57. The molecule has 5 nitrogen and oxygen atoms in total. The molecule has 0 spiro atoms. The second-order valence-corrected chi connectivity index (χ2v) is 6.55. The Morgan fingerprint density at radius 2 is 2.17 bits per heavy atom. The first-order valence-corrected chi connectivity index (χ1v) is 8.09. The first-order chi connectivity index (χ1) is 11.4. The molecule has 0 radical (unpaired) electrons. The zero-order valence-corrected chi connectivity index (χ0v) is 14.2. The van der Waals surface area contributed by atoms with E-state index in [4.69, 9.17) is 9.15 Å². The van der Waals surface area contributed by atoms with Gasteiger partial charge in [-0.15, -0.1) is 0 Å². The van der Waals surface area contributed by atoms with Crippen molar-refractivity contribution in [3.8, 4) is 5.75 Å². The van der Waals surface area contributed by atoms with Crippen LogP contribution in [0.2, 0.25) is 0 Å². The third kappa shape index (κ3) is 3.00. The van der Waals surface area contributed by atoms with Crippen LogP contribution in [0.5, 0.6) is 5.75 Å². The minimum Gasteiger partial charge on any atom is -0.485 e. The topological polar surface area (TPSA) is 64.4 Å². The maximum atomic E-state index is 13.8. The summed E-state index contributed by atoms with van der Waals surface area (Å²) >= 11 is 0. The van der Waals surface area contributed by atoms with Gasteiger partial charge in [0.1, 0.15) is 6.10 Å². The van der Waals surface area contributed by atoms with Crippen LogP contribution in [0.1, 0.15) is 54.5 Å². The van der Waals surface area contributed by atoms with Crippen molar-refractivity contribution in [1.29, 1.82) is 0 Å². The van der Waals surface area contributed by atoms with Gasteiger partial charge in [-0.25, -0.2) is 9.37 Å². The number of amides is 1. The minimum atomic E-state index is -0.429. The lowest BCUT2D eigenvalue weighted by molar-refractivity contribution is 0.0876. The van der Waals surface area contributed by atoms with Crippen LogP contribution in [0.4, 0.5) is 4.39 Å². The molecule has 24 heavy (non-hydrogen) atoms. The molecule has 0 bridgehead atoms. The van der Waals surface area contributed by atoms with Crippen molar-refractivity contribution in [2.24, 2.45) is 5.92 Å². The Balaban J connectivity index is 1.81. The molecule has 2 aromatic rings. The van der Waals surface area contributed by atoms with Crippen LogP contribution < -0.4 is 10.1 Å². The zero-order chi connectivity index (χ0) is 17.4. The summed E-state index contributed by atoms with van der Waals surface area (Å²) in [6.45, 7) is 7.65. The summed E-state index contributed by atoms with van der Waals surface area (Å²) in [7, 11) is 0. The van der Waals surface area contributed by atoms with Gasteiger partial charge in [-0.2, -0.15) is 0 Å². The molecule has 0 unspecified atom stereocenters. The second-order valence-electron chi connectivity index (χ2n) is 6.55. The van der Waals surface area contributed by atoms with Crippen LogP contribution in [0, 0.1) is 18.7 Å². The fourth-order valence-electron chi connectivity index (χ4n) is 2.90. The highest BCUT2D eigenvalue weighted by molar-refractivity contribution is 5.92. The summed E-state index contributed by atoms with van der Waals surface area (Å²) in [5.41, 5.74) is 1.18. The van der Waals surface area contributed by atoms with Crippen LogP contribution in [0.25, 0.3) is 0 Å². The summed E-state index contributed by atoms with van der Waals surface area (Å²) < 4.78 is 25.0. The van der Waals surface area contributed by atoms with Crippen molar-refractivity contribution >= 4 is 5.91 Å². The third-order valence-corrected chi connectivity index (χ3v) is 4.02. The van der Waals surface area contributed by atoms with E-state index >= 15 is 0 Å². The molecule has 128 valence electrons. The van der Waals surface area contributed by atoms with Gasteiger partial charge in [0.05, 0.1) is 11.7 Å². The normalized spacial score (nSPS) is 19.2. The maximum Gasteiger partial charge on any atom is 0.289 e. The summed E-state index contributed by atoms with van der Waals surface area (Å²) in [6, 6.07) is 4.27. The van der Waals surface area contributed by atoms with Gasteiger partial charge in [0.15, 0.2) is 17.5 Å². The molecule has 0 saturated heterocycles. The number of carbonyl (C=O) groups excluding carboxylic acids is 1. The molecule has 1 aromatic carbocycles. The Hall–Kier alpha value is -2.37. The van der Waals surface area contributed by atoms with E-state index < -0.39 is 11.9 Å². The Bertz CT molecular complexity index is 770. The molecular weight excluding hydrogens is 311 g/mol. The van der Waals surface area contributed by atoms with E-state index in [-0.39, 0.29) is 23.5 Å². The number of para-hydroxylation sites is 1. The Kier molecular flexibility index (Phi) is 4.30. The highest BCUT2D eigenvalue weighted by Gasteiger charge is 2.35. The number of ether oxygens (including phenoxy) is 1. The molecule has 2 heterocycles. The standard InChI is InChI=1S/C18H21FN2O3/c1-9(2)8-14-20-10(3)16(24-14)18(22)21-15-11(4)23-17-12(15)6-5-7-13(17)19/h5-7,9,11,15H,8H2,1-4H3,(H,21,22)/t11-,15+/m0/s1. The highest BCUT2D eigenvalue weighted by atomic mass is 19.1. The predicted molar refractivity (Wildman–Crippen MR) is 86.5 cm³/mol. The average Bonchev–Trinajstić information content (AvgIpc) is 3.01. The number of aromatic nitrogens is 1. The van der Waals surface area contributed by atoms with Gasteiger partial charge in [-0.05, 0) is 25.8 Å². The molecule has 1 aromatic heterocycles. The number of nitrogens with one attached hydrogen (secondary N) is 1. The molecule has 6 heteroatoms. The van der Waals surface area contributed by atoms with Crippen molar-refractivity contribution in [3.05, 3.63) is 46.9 Å². The van der Waals surface area contributed by atoms with Gasteiger partial charge in [0, 0.05) is 12.0 Å². The first-order valence-electron chi connectivity index (χ1n) is 8.09. The number of oxazole rings is 1. The fraction of sp³-hybridized carbons (Fsp3) is 0.444. The molecule has 1 aliphatic rings. The van der Waals surface area contributed by atoms with Gasteiger partial charge in [-0.1, -0.05) is 26.0 Å². The van der Waals surface area contributed by atoms with Crippen molar-refractivity contribution < 1.29 is 18.3 Å². The van der Waals surface area contributed by atoms with Crippen molar-refractivity contribution in [3.63, 3.8) is 0 Å². The zero-order valence-electron chi connectivity index (χ0n) is 14.2. The van der Waals surface area contributed by atoms with E-state index in [0.29, 0.717) is 29.5 Å². The second kappa shape index (κ2) is 6.26. The van der Waals surface area contributed by atoms with Gasteiger partial charge in [0.25, 0.3) is 5.91 Å². The van der Waals surface area contributed by atoms with E-state index in [1.807, 2.05) is 0 Å². The third-order valence-electron chi connectivity index (χ3n) is 4.02. The van der Waals surface area contributed by atoms with Gasteiger partial charge in [0.2, 0.25) is 5.76 Å². The van der Waals surface area contributed by atoms with Gasteiger partial charge in [-0.3, -0.25) is 4.79 Å². The summed E-state index contributed by atoms with van der Waals surface area (Å²) in [4.78, 5) is 16.9. The number of carbonyl (C=O) groups is 1. The van der Waals surface area contributed by atoms with Crippen molar-refractivity contribution in [1.82, 2.24) is 10.3 Å². The molecule has 3 rings (SSSR count). The molecule has 0 aliphatic carbocycles. The average molecular weight is 332 g/mol. The lowest BCUT2D eigenvalue weighted by Crippen LogP contribution is -2.34. The summed E-state index contributed by atoms with van der Waals surface area (Å²) in [5, 5.41) is 2.87. The smallest absolute Gasteiger partial charge is 0.289 e. The highest BCUT2D eigenvalue weighted by Crippen LogP contribution is 2.38. The Morgan fingerprint density at radius 3 is 2.88 bits per heavy atom. The number of rotatable bonds is 4. The lowest BCUT2D eigenvalue weighted by atomic mass is 10.0. The first kappa shape index (κ1) is 16.5. The number of halogens is 1. The number of nitrogens with zero attached hydrogens (tertiary/aromatic N) is 1. The lowest BCUT2D eigenvalue weighted by Gasteiger charge is -2.16. The largest absolute Gasteiger partial charge is 0.485 e. The van der Waals surface area contributed by atoms with E-state index in [9.17, 15) is 9.18 Å². The van der Waals surface area contributed by atoms with Crippen LogP contribution in [0.15, 0.2) is 22.6 Å². The fourth-order valence-corrected chi connectivity index (χ4v) is 2.90. The number of hydrogen-bond donors (Lipinski definition) is 1. The monoisotopic (exact) mass is 332 g/mol. The molecule has 1 amide bonds. The molecule has 0 fully saturated rings. The quantitative estimate of drug-likeness (QED) is 0.929. The van der Waals surface area contributed by atoms with Crippen molar-refractivity contribution in [2.45, 2.75) is 46.3 Å². The number of fused-ring (bicyclic) bond motifs is 1. The van der Waals surface area contributed by atoms with E-state index in [1.54, 1.807) is 26.0 Å². The number of benzene rings is 1. The van der Waals surface area contributed by atoms with Crippen LogP contribution >= 0.6 is 0 Å². The van der Waals surface area contributed by atoms with E-state index in [2.05, 4.69) is 24.1 Å². The molecule has 0 saturated carbocycles. The van der Waals surface area contributed by atoms with E-state index in [0.717, 1.165) is 0 Å². The van der Waals surface area contributed by atoms with Crippen LogP contribution in [0.3, 0.4) is 0 Å². The molecule has 1 aliphatic heterocycles. The number of aryl methyl sites for hydroxylation is 1. The number of hydrogen-bond acceptors (Lipinski definition) is 4. The maximum absolute atomic E-state index is 13.8. The van der Waals surface area contributed by atoms with Crippen LogP contribution in [-0.2, 0) is 6.42 Å². The van der Waals surface area contributed by atoms with Crippen LogP contribution in [-0.4, -0.2) is 17.0 Å². The minimum absolute atomic E-state index is 0.197. The van der Waals surface area contributed by atoms with Crippen molar-refractivity contribution in [2.75, 3.05) is 0 Å². The van der Waals surface area contributed by atoms with Gasteiger partial charge >= 0.3 is 0 Å². The summed E-state index contributed by atoms with van der Waals surface area (Å²) in [6.07, 6.45) is 0.310. The molecule has 1 N–H and O–H groups in total. The van der Waals surface area contributed by atoms with Gasteiger partial charge < -0.3 is 14.5 Å². The molecular formula is C18H21FN2O3. The Morgan fingerprint density at radius 1 is 1.42 bits per heavy atom. The SMILES string of the molecule is Cc1nc(CC(C)C)oc1C(=O)N[C@H]1c2cccc(F)c2O[C@H]1C.